The first-order valence-corrected chi connectivity index (χ1v) is 5.68. The molecule has 1 aromatic carbocycles. The smallest absolute Gasteiger partial charge is 0.150 e. The normalized spacial score (nSPS) is 10.4. The second-order valence-electron chi connectivity index (χ2n) is 4.41. The Morgan fingerprint density at radius 2 is 2.00 bits per heavy atom. The van der Waals surface area contributed by atoms with Gasteiger partial charge in [0.2, 0.25) is 0 Å². The first-order chi connectivity index (χ1) is 8.56. The number of aryl methyl sites for hydroxylation is 1. The Labute approximate surface area is 106 Å². The Morgan fingerprint density at radius 1 is 1.28 bits per heavy atom. The molecule has 0 saturated carbocycles. The number of benzene rings is 1. The molecule has 0 unspecified atom stereocenters. The maximum atomic E-state index is 11.0. The highest BCUT2D eigenvalue weighted by atomic mass is 16.5. The van der Waals surface area contributed by atoms with E-state index < -0.39 is 0 Å². The van der Waals surface area contributed by atoms with Crippen LogP contribution in [0.15, 0.2) is 18.2 Å². The van der Waals surface area contributed by atoms with E-state index in [2.05, 4.69) is 4.98 Å². The van der Waals surface area contributed by atoms with Crippen LogP contribution in [-0.2, 0) is 0 Å². The zero-order valence-corrected chi connectivity index (χ0v) is 11.0. The van der Waals surface area contributed by atoms with E-state index in [0.29, 0.717) is 11.3 Å². The molecule has 0 aliphatic rings. The van der Waals surface area contributed by atoms with Gasteiger partial charge in [0.25, 0.3) is 0 Å². The number of aromatic nitrogens is 1. The number of anilines is 1. The van der Waals surface area contributed by atoms with E-state index in [9.17, 15) is 4.79 Å². The van der Waals surface area contributed by atoms with Crippen molar-refractivity contribution < 1.29 is 9.53 Å². The Balaban J connectivity index is 2.89. The van der Waals surface area contributed by atoms with E-state index >= 15 is 0 Å². The Hall–Kier alpha value is -2.10. The van der Waals surface area contributed by atoms with Crippen molar-refractivity contribution in [3.8, 4) is 5.75 Å². The number of fused-ring (bicyclic) bond motifs is 1. The number of nitrogens with zero attached hydrogens (tertiary/aromatic N) is 2. The van der Waals surface area contributed by atoms with E-state index in [1.807, 2.05) is 38.1 Å². The number of methoxy groups -OCH3 is 1. The van der Waals surface area contributed by atoms with Crippen LogP contribution in [0.2, 0.25) is 0 Å². The van der Waals surface area contributed by atoms with Crippen LogP contribution in [0.4, 0.5) is 5.69 Å². The van der Waals surface area contributed by atoms with Crippen molar-refractivity contribution in [1.82, 2.24) is 4.98 Å². The monoisotopic (exact) mass is 244 g/mol. The van der Waals surface area contributed by atoms with Crippen LogP contribution in [0.5, 0.6) is 5.75 Å². The molecule has 2 aromatic rings. The molecule has 18 heavy (non-hydrogen) atoms. The van der Waals surface area contributed by atoms with E-state index in [-0.39, 0.29) is 0 Å². The highest BCUT2D eigenvalue weighted by Crippen LogP contribution is 2.32. The summed E-state index contributed by atoms with van der Waals surface area (Å²) >= 11 is 0. The molecule has 0 aliphatic carbocycles. The van der Waals surface area contributed by atoms with Crippen LogP contribution in [0.25, 0.3) is 10.9 Å². The third kappa shape index (κ3) is 2.01. The summed E-state index contributed by atoms with van der Waals surface area (Å²) in [6, 6.07) is 5.55. The largest absolute Gasteiger partial charge is 0.494 e. The first kappa shape index (κ1) is 12.4. The van der Waals surface area contributed by atoms with Crippen molar-refractivity contribution in [1.29, 1.82) is 0 Å². The van der Waals surface area contributed by atoms with Crippen LogP contribution in [0, 0.1) is 6.92 Å². The highest BCUT2D eigenvalue weighted by molar-refractivity contribution is 5.99. The van der Waals surface area contributed by atoms with Crippen molar-refractivity contribution in [2.24, 2.45) is 0 Å². The number of carbonyl (C=O) groups excluding carboxylic acids is 1. The molecule has 0 saturated heterocycles. The molecule has 0 fully saturated rings. The molecular weight excluding hydrogens is 228 g/mol. The van der Waals surface area contributed by atoms with Gasteiger partial charge in [0, 0.05) is 36.4 Å². The summed E-state index contributed by atoms with van der Waals surface area (Å²) in [4.78, 5) is 17.5. The van der Waals surface area contributed by atoms with Gasteiger partial charge in [-0.1, -0.05) is 0 Å². The van der Waals surface area contributed by atoms with Crippen molar-refractivity contribution in [3.05, 3.63) is 29.5 Å². The van der Waals surface area contributed by atoms with Crippen molar-refractivity contribution >= 4 is 22.9 Å². The molecule has 0 N–H and O–H groups in total. The van der Waals surface area contributed by atoms with Gasteiger partial charge in [-0.3, -0.25) is 4.79 Å². The summed E-state index contributed by atoms with van der Waals surface area (Å²) in [5.74, 6) is 0.626. The SMILES string of the molecule is COc1cc(C=O)cc2c(N(C)C)cc(C)nc12. The molecule has 2 rings (SSSR count). The van der Waals surface area contributed by atoms with Gasteiger partial charge in [0.05, 0.1) is 7.11 Å². The molecule has 0 amide bonds. The molecular formula is C14H16N2O2. The Bertz CT molecular complexity index is 606. The van der Waals surface area contributed by atoms with Crippen molar-refractivity contribution in [2.75, 3.05) is 26.1 Å². The minimum atomic E-state index is 0.591. The summed E-state index contributed by atoms with van der Waals surface area (Å²) < 4.78 is 5.32. The topological polar surface area (TPSA) is 42.4 Å². The van der Waals surface area contributed by atoms with Gasteiger partial charge in [0.1, 0.15) is 17.6 Å². The maximum Gasteiger partial charge on any atom is 0.150 e. The van der Waals surface area contributed by atoms with Crippen LogP contribution >= 0.6 is 0 Å². The van der Waals surface area contributed by atoms with Crippen LogP contribution in [0.3, 0.4) is 0 Å². The average molecular weight is 244 g/mol. The van der Waals surface area contributed by atoms with E-state index in [1.54, 1.807) is 13.2 Å². The van der Waals surface area contributed by atoms with E-state index in [4.69, 9.17) is 4.74 Å². The quantitative estimate of drug-likeness (QED) is 0.778. The van der Waals surface area contributed by atoms with Crippen LogP contribution < -0.4 is 9.64 Å². The summed E-state index contributed by atoms with van der Waals surface area (Å²) in [7, 11) is 5.52. The molecule has 4 nitrogen and oxygen atoms in total. The van der Waals surface area contributed by atoms with E-state index in [1.165, 1.54) is 0 Å². The Morgan fingerprint density at radius 3 is 2.56 bits per heavy atom. The first-order valence-electron chi connectivity index (χ1n) is 5.68. The molecule has 0 radical (unpaired) electrons. The molecule has 0 atom stereocenters. The molecule has 1 aromatic heterocycles. The second kappa shape index (κ2) is 4.64. The van der Waals surface area contributed by atoms with Crippen molar-refractivity contribution in [3.63, 3.8) is 0 Å². The van der Waals surface area contributed by atoms with Gasteiger partial charge < -0.3 is 9.64 Å². The lowest BCUT2D eigenvalue weighted by molar-refractivity contribution is 0.112. The molecule has 4 heteroatoms. The number of ether oxygens (including phenoxy) is 1. The standard InChI is InChI=1S/C14H16N2O2/c1-9-5-12(16(2)3)11-6-10(8-17)7-13(18-4)14(11)15-9/h5-8H,1-4H3. The highest BCUT2D eigenvalue weighted by Gasteiger charge is 2.11. The molecule has 94 valence electrons. The Kier molecular flexibility index (Phi) is 3.19. The van der Waals surface area contributed by atoms with Crippen LogP contribution in [0.1, 0.15) is 16.1 Å². The van der Waals surface area contributed by atoms with Gasteiger partial charge in [-0.2, -0.15) is 0 Å². The summed E-state index contributed by atoms with van der Waals surface area (Å²) in [5.41, 5.74) is 3.32. The summed E-state index contributed by atoms with van der Waals surface area (Å²) in [6.45, 7) is 1.94. The fourth-order valence-corrected chi connectivity index (χ4v) is 2.02. The predicted octanol–water partition coefficient (Wildman–Crippen LogP) is 2.43. The zero-order chi connectivity index (χ0) is 13.3. The average Bonchev–Trinajstić information content (AvgIpc) is 2.36. The number of hydrogen-bond acceptors (Lipinski definition) is 4. The number of aldehydes is 1. The van der Waals surface area contributed by atoms with Gasteiger partial charge >= 0.3 is 0 Å². The summed E-state index contributed by atoms with van der Waals surface area (Å²) in [5, 5.41) is 0.923. The lowest BCUT2D eigenvalue weighted by Gasteiger charge is -2.17. The molecule has 0 spiro atoms. The minimum Gasteiger partial charge on any atom is -0.494 e. The second-order valence-corrected chi connectivity index (χ2v) is 4.41. The lowest BCUT2D eigenvalue weighted by Crippen LogP contribution is -2.10. The molecule has 1 heterocycles. The maximum absolute atomic E-state index is 11.0. The third-order valence-electron chi connectivity index (χ3n) is 2.84. The third-order valence-corrected chi connectivity index (χ3v) is 2.84. The molecule has 0 aliphatic heterocycles. The number of pyridine rings is 1. The number of rotatable bonds is 3. The predicted molar refractivity (Wildman–Crippen MR) is 72.7 cm³/mol. The van der Waals surface area contributed by atoms with Crippen molar-refractivity contribution in [2.45, 2.75) is 6.92 Å². The minimum absolute atomic E-state index is 0.591. The van der Waals surface area contributed by atoms with E-state index in [0.717, 1.165) is 28.6 Å². The molecule has 0 bridgehead atoms. The zero-order valence-electron chi connectivity index (χ0n) is 11.0. The van der Waals surface area contributed by atoms with Gasteiger partial charge in [-0.15, -0.1) is 0 Å². The van der Waals surface area contributed by atoms with Crippen LogP contribution in [-0.4, -0.2) is 32.5 Å². The fraction of sp³-hybridized carbons (Fsp3) is 0.286. The number of carbonyl (C=O) groups is 1. The fourth-order valence-electron chi connectivity index (χ4n) is 2.02. The van der Waals surface area contributed by atoms with Gasteiger partial charge in [0.15, 0.2) is 0 Å². The van der Waals surface area contributed by atoms with Gasteiger partial charge in [-0.05, 0) is 25.1 Å². The summed E-state index contributed by atoms with van der Waals surface area (Å²) in [6.07, 6.45) is 0.821. The number of hydrogen-bond donors (Lipinski definition) is 0. The lowest BCUT2D eigenvalue weighted by atomic mass is 10.1. The van der Waals surface area contributed by atoms with Gasteiger partial charge in [-0.25, -0.2) is 4.98 Å².